The van der Waals surface area contributed by atoms with Gasteiger partial charge in [0.2, 0.25) is 5.91 Å². The zero-order valence-electron chi connectivity index (χ0n) is 10.5. The summed E-state index contributed by atoms with van der Waals surface area (Å²) in [7, 11) is 0. The molecule has 1 heterocycles. The fourth-order valence-corrected chi connectivity index (χ4v) is 1.78. The molecule has 1 aromatic rings. The molecular formula is C14H15N3O2. The molecule has 0 spiro atoms. The lowest BCUT2D eigenvalue weighted by Gasteiger charge is -2.26. The number of imide groups is 1. The summed E-state index contributed by atoms with van der Waals surface area (Å²) in [4.78, 5) is 29.1. The molecule has 1 saturated heterocycles. The Morgan fingerprint density at radius 1 is 1.32 bits per heavy atom. The van der Waals surface area contributed by atoms with Crippen LogP contribution in [-0.4, -0.2) is 29.2 Å². The predicted molar refractivity (Wildman–Crippen MR) is 72.6 cm³/mol. The Kier molecular flexibility index (Phi) is 4.07. The molecule has 1 aliphatic heterocycles. The smallest absolute Gasteiger partial charge is 0.295 e. The molecule has 5 nitrogen and oxygen atoms in total. The molecule has 2 rings (SSSR count). The van der Waals surface area contributed by atoms with Crippen molar-refractivity contribution in [2.45, 2.75) is 13.0 Å². The lowest BCUT2D eigenvalue weighted by Crippen LogP contribution is -2.52. The van der Waals surface area contributed by atoms with Crippen LogP contribution in [0.5, 0.6) is 0 Å². The Morgan fingerprint density at radius 2 is 2.05 bits per heavy atom. The molecule has 1 aliphatic rings. The summed E-state index contributed by atoms with van der Waals surface area (Å²) in [6, 6.07) is 8.96. The van der Waals surface area contributed by atoms with Gasteiger partial charge in [0, 0.05) is 0 Å². The van der Waals surface area contributed by atoms with E-state index in [9.17, 15) is 9.59 Å². The first-order valence-corrected chi connectivity index (χ1v) is 6.00. The van der Waals surface area contributed by atoms with Crippen LogP contribution in [0, 0.1) is 0 Å². The van der Waals surface area contributed by atoms with Crippen LogP contribution in [0.15, 0.2) is 48.0 Å². The van der Waals surface area contributed by atoms with E-state index in [1.54, 1.807) is 6.08 Å². The van der Waals surface area contributed by atoms with Gasteiger partial charge in [0.25, 0.3) is 0 Å². The van der Waals surface area contributed by atoms with Crippen LogP contribution in [0.3, 0.4) is 0 Å². The van der Waals surface area contributed by atoms with Crippen LogP contribution in [0.4, 0.5) is 4.79 Å². The molecule has 3 amide bonds. The van der Waals surface area contributed by atoms with Gasteiger partial charge in [-0.15, -0.1) is 6.58 Å². The van der Waals surface area contributed by atoms with Crippen LogP contribution in [-0.2, 0) is 11.3 Å². The highest BCUT2D eigenvalue weighted by Gasteiger charge is 2.29. The number of aliphatic imine (C=N–C) groups is 1. The number of nitrogens with one attached hydrogen (secondary N) is 1. The molecule has 0 saturated carbocycles. The number of hydrogen-bond donors (Lipinski definition) is 1. The zero-order valence-corrected chi connectivity index (χ0v) is 10.5. The van der Waals surface area contributed by atoms with Crippen LogP contribution in [0.1, 0.15) is 12.0 Å². The van der Waals surface area contributed by atoms with Crippen LogP contribution < -0.4 is 5.32 Å². The average Bonchev–Trinajstić information content (AvgIpc) is 2.42. The number of carbonyl (C=O) groups is 2. The molecule has 5 heteroatoms. The third kappa shape index (κ3) is 3.28. The van der Waals surface area contributed by atoms with Crippen molar-refractivity contribution in [2.24, 2.45) is 4.99 Å². The largest absolute Gasteiger partial charge is 0.329 e. The first-order chi connectivity index (χ1) is 9.20. The monoisotopic (exact) mass is 257 g/mol. The fourth-order valence-electron chi connectivity index (χ4n) is 1.78. The lowest BCUT2D eigenvalue weighted by molar-refractivity contribution is -0.127. The van der Waals surface area contributed by atoms with Crippen LogP contribution >= 0.6 is 0 Å². The van der Waals surface area contributed by atoms with Crippen molar-refractivity contribution in [3.8, 4) is 0 Å². The third-order valence-electron chi connectivity index (χ3n) is 2.71. The van der Waals surface area contributed by atoms with E-state index in [4.69, 9.17) is 0 Å². The number of rotatable bonds is 4. The van der Waals surface area contributed by atoms with Gasteiger partial charge in [-0.25, -0.2) is 4.79 Å². The zero-order chi connectivity index (χ0) is 13.7. The van der Waals surface area contributed by atoms with Gasteiger partial charge in [0.1, 0.15) is 5.84 Å². The van der Waals surface area contributed by atoms with Crippen LogP contribution in [0.25, 0.3) is 0 Å². The Morgan fingerprint density at radius 3 is 2.68 bits per heavy atom. The number of carbonyl (C=O) groups excluding carboxylic acids is 2. The van der Waals surface area contributed by atoms with Crippen molar-refractivity contribution in [1.82, 2.24) is 10.2 Å². The molecule has 1 aromatic carbocycles. The Hall–Kier alpha value is -2.43. The quantitative estimate of drug-likeness (QED) is 0.835. The first-order valence-electron chi connectivity index (χ1n) is 6.00. The summed E-state index contributed by atoms with van der Waals surface area (Å²) in [5.74, 6) is 0.162. The molecule has 0 atom stereocenters. The molecule has 0 aromatic heterocycles. The Bertz CT molecular complexity index is 503. The summed E-state index contributed by atoms with van der Waals surface area (Å²) in [6.07, 6.45) is 1.73. The fraction of sp³-hybridized carbons (Fsp3) is 0.214. The van der Waals surface area contributed by atoms with Gasteiger partial charge >= 0.3 is 6.03 Å². The van der Waals surface area contributed by atoms with Gasteiger partial charge in [0.15, 0.2) is 0 Å². The van der Waals surface area contributed by atoms with Crippen molar-refractivity contribution in [2.75, 3.05) is 6.54 Å². The highest BCUT2D eigenvalue weighted by molar-refractivity contribution is 6.15. The van der Waals surface area contributed by atoms with Gasteiger partial charge in [-0.2, -0.15) is 0 Å². The molecule has 1 N–H and O–H groups in total. The van der Waals surface area contributed by atoms with Crippen molar-refractivity contribution < 1.29 is 9.59 Å². The summed E-state index contributed by atoms with van der Waals surface area (Å²) < 4.78 is 0. The van der Waals surface area contributed by atoms with Crippen molar-refractivity contribution in [3.05, 3.63) is 48.6 Å². The van der Waals surface area contributed by atoms with Gasteiger partial charge in [-0.05, 0) is 5.56 Å². The molecular weight excluding hydrogens is 242 g/mol. The normalized spacial score (nSPS) is 17.5. The molecule has 19 heavy (non-hydrogen) atoms. The minimum atomic E-state index is -0.428. The topological polar surface area (TPSA) is 61.8 Å². The lowest BCUT2D eigenvalue weighted by atomic mass is 10.2. The Labute approximate surface area is 111 Å². The third-order valence-corrected chi connectivity index (χ3v) is 2.71. The highest BCUT2D eigenvalue weighted by Crippen LogP contribution is 2.10. The van der Waals surface area contributed by atoms with E-state index in [1.807, 2.05) is 30.3 Å². The summed E-state index contributed by atoms with van der Waals surface area (Å²) in [5.41, 5.74) is 0.914. The number of urea groups is 1. The first kappa shape index (κ1) is 13.0. The van der Waals surface area contributed by atoms with Gasteiger partial charge in [-0.3, -0.25) is 20.0 Å². The second-order valence-electron chi connectivity index (χ2n) is 4.15. The van der Waals surface area contributed by atoms with Crippen molar-refractivity contribution in [1.29, 1.82) is 0 Å². The van der Waals surface area contributed by atoms with E-state index >= 15 is 0 Å². The van der Waals surface area contributed by atoms with E-state index in [0.717, 1.165) is 5.56 Å². The van der Waals surface area contributed by atoms with E-state index in [0.29, 0.717) is 12.4 Å². The minimum absolute atomic E-state index is 0.117. The molecule has 0 bridgehead atoms. The number of hydrogen-bond acceptors (Lipinski definition) is 3. The van der Waals surface area contributed by atoms with Crippen LogP contribution in [0.2, 0.25) is 0 Å². The second kappa shape index (κ2) is 5.95. The molecule has 0 unspecified atom stereocenters. The maximum absolute atomic E-state index is 11.9. The standard InChI is InChI=1S/C14H15N3O2/c1-2-8-15-12-9-13(18)17(14(19)16-12)10-11-6-4-3-5-7-11/h2-7H,1,8-10H2,(H,15,16,19). The summed E-state index contributed by atoms with van der Waals surface area (Å²) in [5, 5.41) is 2.62. The van der Waals surface area contributed by atoms with E-state index in [1.165, 1.54) is 4.90 Å². The maximum Gasteiger partial charge on any atom is 0.329 e. The van der Waals surface area contributed by atoms with E-state index < -0.39 is 6.03 Å². The number of amides is 3. The van der Waals surface area contributed by atoms with Crippen molar-refractivity contribution >= 4 is 17.8 Å². The highest BCUT2D eigenvalue weighted by atomic mass is 16.2. The molecule has 1 fully saturated rings. The molecule has 98 valence electrons. The Balaban J connectivity index is 2.06. The SMILES string of the molecule is C=CCN=C1CC(=O)N(Cc2ccccc2)C(=O)N1. The second-order valence-corrected chi connectivity index (χ2v) is 4.15. The van der Waals surface area contributed by atoms with Gasteiger partial charge in [0.05, 0.1) is 19.5 Å². The average molecular weight is 257 g/mol. The molecule has 0 aliphatic carbocycles. The number of benzene rings is 1. The maximum atomic E-state index is 11.9. The van der Waals surface area contributed by atoms with E-state index in [2.05, 4.69) is 16.9 Å². The minimum Gasteiger partial charge on any atom is -0.295 e. The number of amidine groups is 1. The molecule has 0 radical (unpaired) electrons. The predicted octanol–water partition coefficient (Wildman–Crippen LogP) is 1.71. The summed E-state index contributed by atoms with van der Waals surface area (Å²) in [6.45, 7) is 4.21. The van der Waals surface area contributed by atoms with Crippen molar-refractivity contribution in [3.63, 3.8) is 0 Å². The van der Waals surface area contributed by atoms with E-state index in [-0.39, 0.29) is 18.9 Å². The number of nitrogens with zero attached hydrogens (tertiary/aromatic N) is 2. The van der Waals surface area contributed by atoms with Gasteiger partial charge in [-0.1, -0.05) is 36.4 Å². The summed E-state index contributed by atoms with van der Waals surface area (Å²) >= 11 is 0. The van der Waals surface area contributed by atoms with Gasteiger partial charge < -0.3 is 0 Å².